The Morgan fingerprint density at radius 3 is 2.33 bits per heavy atom. The summed E-state index contributed by atoms with van der Waals surface area (Å²) < 4.78 is 33.3. The molecule has 0 aliphatic carbocycles. The van der Waals surface area contributed by atoms with Gasteiger partial charge in [0.1, 0.15) is 5.75 Å². The van der Waals surface area contributed by atoms with E-state index in [0.29, 0.717) is 5.69 Å². The van der Waals surface area contributed by atoms with Crippen LogP contribution in [-0.4, -0.2) is 21.4 Å². The lowest BCUT2D eigenvalue weighted by Crippen LogP contribution is -2.27. The number of hydrogen-bond donors (Lipinski definition) is 2. The van der Waals surface area contributed by atoms with E-state index in [-0.39, 0.29) is 22.4 Å². The molecule has 30 heavy (non-hydrogen) atoms. The predicted octanol–water partition coefficient (Wildman–Crippen LogP) is 4.30. The topological polar surface area (TPSA) is 84.5 Å². The summed E-state index contributed by atoms with van der Waals surface area (Å²) in [6.45, 7) is 3.68. The van der Waals surface area contributed by atoms with Gasteiger partial charge in [0.05, 0.1) is 23.7 Å². The number of nitrogens with one attached hydrogen (secondary N) is 2. The minimum absolute atomic E-state index is 0.0236. The Labute approximate surface area is 177 Å². The van der Waals surface area contributed by atoms with Crippen molar-refractivity contribution >= 4 is 21.6 Å². The minimum Gasteiger partial charge on any atom is -0.497 e. The maximum atomic E-state index is 12.8. The van der Waals surface area contributed by atoms with Crippen LogP contribution in [0.1, 0.15) is 34.5 Å². The molecule has 0 heterocycles. The number of hydrogen-bond acceptors (Lipinski definition) is 4. The molecule has 0 aromatic heterocycles. The zero-order valence-electron chi connectivity index (χ0n) is 17.0. The Bertz CT molecular complexity index is 1140. The minimum atomic E-state index is -3.82. The van der Waals surface area contributed by atoms with Crippen LogP contribution in [0.15, 0.2) is 77.7 Å². The first kappa shape index (κ1) is 21.4. The van der Waals surface area contributed by atoms with Crippen LogP contribution in [0.4, 0.5) is 5.69 Å². The first-order valence-electron chi connectivity index (χ1n) is 9.43. The molecule has 7 heteroatoms. The third kappa shape index (κ3) is 4.99. The van der Waals surface area contributed by atoms with Crippen LogP contribution in [0.2, 0.25) is 0 Å². The molecule has 0 aliphatic rings. The molecule has 1 amide bonds. The fourth-order valence-corrected chi connectivity index (χ4v) is 4.13. The summed E-state index contributed by atoms with van der Waals surface area (Å²) >= 11 is 0. The summed E-state index contributed by atoms with van der Waals surface area (Å²) in [6, 6.07) is 20.2. The number of amides is 1. The van der Waals surface area contributed by atoms with Crippen molar-refractivity contribution in [3.8, 4) is 5.75 Å². The molecule has 6 nitrogen and oxygen atoms in total. The Kier molecular flexibility index (Phi) is 6.42. The van der Waals surface area contributed by atoms with E-state index < -0.39 is 10.0 Å². The van der Waals surface area contributed by atoms with E-state index in [1.54, 1.807) is 31.4 Å². The zero-order chi connectivity index (χ0) is 21.7. The normalized spacial score (nSPS) is 12.1. The Balaban J connectivity index is 1.76. The smallest absolute Gasteiger partial charge is 0.261 e. The van der Waals surface area contributed by atoms with Crippen molar-refractivity contribution in [1.29, 1.82) is 0 Å². The second-order valence-corrected chi connectivity index (χ2v) is 8.60. The van der Waals surface area contributed by atoms with Gasteiger partial charge in [-0.25, -0.2) is 8.42 Å². The van der Waals surface area contributed by atoms with Crippen molar-refractivity contribution < 1.29 is 17.9 Å². The van der Waals surface area contributed by atoms with Crippen LogP contribution < -0.4 is 14.8 Å². The maximum absolute atomic E-state index is 12.8. The van der Waals surface area contributed by atoms with Crippen LogP contribution in [-0.2, 0) is 10.0 Å². The van der Waals surface area contributed by atoms with Crippen LogP contribution in [0.5, 0.6) is 5.75 Å². The lowest BCUT2D eigenvalue weighted by Gasteiger charge is -2.15. The van der Waals surface area contributed by atoms with Crippen molar-refractivity contribution in [2.45, 2.75) is 24.8 Å². The first-order chi connectivity index (χ1) is 14.3. The summed E-state index contributed by atoms with van der Waals surface area (Å²) in [5.41, 5.74) is 2.49. The number of sulfonamides is 1. The van der Waals surface area contributed by atoms with Crippen LogP contribution in [0.25, 0.3) is 0 Å². The molecule has 2 N–H and O–H groups in total. The molecule has 0 spiro atoms. The highest BCUT2D eigenvalue weighted by Gasteiger charge is 2.18. The van der Waals surface area contributed by atoms with Crippen LogP contribution in [0.3, 0.4) is 0 Å². The number of methoxy groups -OCH3 is 1. The fourth-order valence-electron chi connectivity index (χ4n) is 2.95. The van der Waals surface area contributed by atoms with Crippen molar-refractivity contribution in [2.24, 2.45) is 0 Å². The molecular formula is C23H24N2O4S. The van der Waals surface area contributed by atoms with Gasteiger partial charge >= 0.3 is 0 Å². The molecule has 156 valence electrons. The lowest BCUT2D eigenvalue weighted by molar-refractivity contribution is 0.0939. The molecule has 0 aliphatic heterocycles. The summed E-state index contributed by atoms with van der Waals surface area (Å²) in [5, 5.41) is 2.89. The Hall–Kier alpha value is -3.32. The van der Waals surface area contributed by atoms with Gasteiger partial charge in [-0.15, -0.1) is 0 Å². The zero-order valence-corrected chi connectivity index (χ0v) is 17.9. The highest BCUT2D eigenvalue weighted by molar-refractivity contribution is 7.92. The first-order valence-corrected chi connectivity index (χ1v) is 10.9. The van der Waals surface area contributed by atoms with Gasteiger partial charge in [0.25, 0.3) is 15.9 Å². The van der Waals surface area contributed by atoms with Gasteiger partial charge in [0.2, 0.25) is 0 Å². The second kappa shape index (κ2) is 9.00. The molecule has 1 atom stereocenters. The molecular weight excluding hydrogens is 400 g/mol. The second-order valence-electron chi connectivity index (χ2n) is 6.92. The number of carbonyl (C=O) groups excluding carboxylic acids is 1. The van der Waals surface area contributed by atoms with Crippen LogP contribution in [0, 0.1) is 6.92 Å². The van der Waals surface area contributed by atoms with Gasteiger partial charge in [-0.05, 0) is 61.4 Å². The largest absolute Gasteiger partial charge is 0.497 e. The highest BCUT2D eigenvalue weighted by Crippen LogP contribution is 2.21. The molecule has 0 unspecified atom stereocenters. The molecule has 3 rings (SSSR count). The average Bonchev–Trinajstić information content (AvgIpc) is 2.75. The van der Waals surface area contributed by atoms with Crippen molar-refractivity contribution in [3.05, 3.63) is 89.5 Å². The number of carbonyl (C=O) groups is 1. The summed E-state index contributed by atoms with van der Waals surface area (Å²) in [4.78, 5) is 12.7. The van der Waals surface area contributed by atoms with E-state index in [9.17, 15) is 13.2 Å². The van der Waals surface area contributed by atoms with E-state index >= 15 is 0 Å². The average molecular weight is 425 g/mol. The number of rotatable bonds is 7. The molecule has 0 saturated heterocycles. The van der Waals surface area contributed by atoms with Gasteiger partial charge in [-0.2, -0.15) is 0 Å². The monoisotopic (exact) mass is 424 g/mol. The molecule has 0 fully saturated rings. The number of benzene rings is 3. The van der Waals surface area contributed by atoms with Crippen molar-refractivity contribution in [2.75, 3.05) is 11.8 Å². The molecule has 0 saturated carbocycles. The van der Waals surface area contributed by atoms with Crippen molar-refractivity contribution in [3.63, 3.8) is 0 Å². The molecule has 3 aromatic carbocycles. The molecule has 0 radical (unpaired) electrons. The number of ether oxygens (including phenoxy) is 1. The number of anilines is 1. The van der Waals surface area contributed by atoms with Gasteiger partial charge in [-0.3, -0.25) is 9.52 Å². The van der Waals surface area contributed by atoms with Gasteiger partial charge in [0, 0.05) is 5.56 Å². The van der Waals surface area contributed by atoms with Gasteiger partial charge in [-0.1, -0.05) is 36.4 Å². The molecule has 0 bridgehead atoms. The van der Waals surface area contributed by atoms with E-state index in [0.717, 1.165) is 16.9 Å². The van der Waals surface area contributed by atoms with E-state index in [1.807, 2.05) is 50.2 Å². The summed E-state index contributed by atoms with van der Waals surface area (Å²) in [7, 11) is -2.23. The van der Waals surface area contributed by atoms with E-state index in [1.165, 1.54) is 12.1 Å². The fraction of sp³-hybridized carbons (Fsp3) is 0.174. The SMILES string of the molecule is COc1ccc([C@@H](C)NC(=O)c2cccc(S(=O)(=O)Nc3ccccc3C)c2)cc1. The summed E-state index contributed by atoms with van der Waals surface area (Å²) in [6.07, 6.45) is 0. The van der Waals surface area contributed by atoms with Gasteiger partial charge in [0.15, 0.2) is 0 Å². The standard InChI is InChI=1S/C23H24N2O4S/c1-16-7-4-5-10-22(16)25-30(27,28)21-9-6-8-19(15-21)23(26)24-17(2)18-11-13-20(29-3)14-12-18/h4-15,17,25H,1-3H3,(H,24,26)/t17-/m1/s1. The quantitative estimate of drug-likeness (QED) is 0.592. The molecule has 3 aromatic rings. The number of para-hydroxylation sites is 1. The third-order valence-corrected chi connectivity index (χ3v) is 6.12. The Morgan fingerprint density at radius 1 is 0.967 bits per heavy atom. The van der Waals surface area contributed by atoms with E-state index in [4.69, 9.17) is 4.74 Å². The Morgan fingerprint density at radius 2 is 1.67 bits per heavy atom. The summed E-state index contributed by atoms with van der Waals surface area (Å²) in [5.74, 6) is 0.377. The predicted molar refractivity (Wildman–Crippen MR) is 117 cm³/mol. The highest BCUT2D eigenvalue weighted by atomic mass is 32.2. The van der Waals surface area contributed by atoms with Gasteiger partial charge < -0.3 is 10.1 Å². The maximum Gasteiger partial charge on any atom is 0.261 e. The number of aryl methyl sites for hydroxylation is 1. The van der Waals surface area contributed by atoms with E-state index in [2.05, 4.69) is 10.0 Å². The van der Waals surface area contributed by atoms with Crippen LogP contribution >= 0.6 is 0 Å². The lowest BCUT2D eigenvalue weighted by atomic mass is 10.1. The van der Waals surface area contributed by atoms with Crippen molar-refractivity contribution in [1.82, 2.24) is 5.32 Å². The third-order valence-electron chi connectivity index (χ3n) is 4.76.